The number of piperidine rings is 1. The van der Waals surface area contributed by atoms with Gasteiger partial charge in [-0.3, -0.25) is 4.79 Å². The highest BCUT2D eigenvalue weighted by Crippen LogP contribution is 2.24. The summed E-state index contributed by atoms with van der Waals surface area (Å²) in [5, 5.41) is 0. The molecule has 0 unspecified atom stereocenters. The number of hydrogen-bond acceptors (Lipinski definition) is 4. The monoisotopic (exact) mass is 328 g/mol. The number of benzene rings is 1. The van der Waals surface area contributed by atoms with Crippen molar-refractivity contribution in [3.63, 3.8) is 0 Å². The molecule has 0 N–H and O–H groups in total. The normalized spacial score (nSPS) is 17.8. The molecule has 1 aliphatic heterocycles. The van der Waals surface area contributed by atoms with E-state index in [2.05, 4.69) is 17.1 Å². The summed E-state index contributed by atoms with van der Waals surface area (Å²) in [5.74, 6) is 1.77. The Labute approximate surface area is 142 Å². The lowest BCUT2D eigenvalue weighted by molar-refractivity contribution is 0.0635. The predicted octanol–water partition coefficient (Wildman–Crippen LogP) is 3.48. The maximum atomic E-state index is 12.6. The quantitative estimate of drug-likeness (QED) is 0.843. The zero-order chi connectivity index (χ0) is 16.9. The summed E-state index contributed by atoms with van der Waals surface area (Å²) in [6.07, 6.45) is 5.68. The average Bonchev–Trinajstić information content (AvgIpc) is 3.06. The van der Waals surface area contributed by atoms with Gasteiger partial charge in [-0.15, -0.1) is 0 Å². The van der Waals surface area contributed by atoms with Crippen LogP contribution in [0.2, 0.25) is 0 Å². The van der Waals surface area contributed by atoms with Crippen LogP contribution in [0.1, 0.15) is 41.1 Å². The molecule has 5 heteroatoms. The number of aromatic nitrogens is 1. The van der Waals surface area contributed by atoms with Gasteiger partial charge in [0.05, 0.1) is 12.8 Å². The van der Waals surface area contributed by atoms with Gasteiger partial charge in [-0.1, -0.05) is 12.1 Å². The van der Waals surface area contributed by atoms with Gasteiger partial charge < -0.3 is 14.1 Å². The number of amides is 1. The van der Waals surface area contributed by atoms with Crippen molar-refractivity contribution < 1.29 is 13.9 Å². The van der Waals surface area contributed by atoms with Gasteiger partial charge >= 0.3 is 0 Å². The Kier molecular flexibility index (Phi) is 5.18. The summed E-state index contributed by atoms with van der Waals surface area (Å²) in [5.41, 5.74) is 1.98. The van der Waals surface area contributed by atoms with Crippen LogP contribution in [0.5, 0.6) is 5.75 Å². The molecular weight excluding hydrogens is 304 g/mol. The van der Waals surface area contributed by atoms with E-state index in [0.29, 0.717) is 17.4 Å². The van der Waals surface area contributed by atoms with Crippen LogP contribution in [-0.4, -0.2) is 36.0 Å². The molecule has 2 aromatic rings. The summed E-state index contributed by atoms with van der Waals surface area (Å²) in [6, 6.07) is 8.22. The molecule has 2 heterocycles. The first-order chi connectivity index (χ1) is 11.7. The van der Waals surface area contributed by atoms with Gasteiger partial charge in [0.15, 0.2) is 6.39 Å². The van der Waals surface area contributed by atoms with Crippen molar-refractivity contribution in [1.82, 2.24) is 9.88 Å². The molecule has 1 amide bonds. The summed E-state index contributed by atoms with van der Waals surface area (Å²) < 4.78 is 10.4. The number of rotatable bonds is 5. The lowest BCUT2D eigenvalue weighted by Gasteiger charge is -2.32. The number of methoxy groups -OCH3 is 1. The molecule has 1 saturated heterocycles. The van der Waals surface area contributed by atoms with Crippen LogP contribution in [-0.2, 0) is 6.42 Å². The van der Waals surface area contributed by atoms with Crippen LogP contribution in [0.4, 0.5) is 0 Å². The van der Waals surface area contributed by atoms with Gasteiger partial charge in [0.1, 0.15) is 5.75 Å². The van der Waals surface area contributed by atoms with Gasteiger partial charge in [0.2, 0.25) is 5.76 Å². The van der Waals surface area contributed by atoms with E-state index in [1.54, 1.807) is 7.11 Å². The molecule has 24 heavy (non-hydrogen) atoms. The Morgan fingerprint density at radius 1 is 1.38 bits per heavy atom. The molecule has 1 aromatic heterocycles. The van der Waals surface area contributed by atoms with Crippen molar-refractivity contribution in [1.29, 1.82) is 0 Å². The molecule has 128 valence electrons. The fraction of sp³-hybridized carbons (Fsp3) is 0.474. The van der Waals surface area contributed by atoms with Gasteiger partial charge in [-0.05, 0) is 56.2 Å². The van der Waals surface area contributed by atoms with Gasteiger partial charge in [-0.2, -0.15) is 0 Å². The van der Waals surface area contributed by atoms with E-state index < -0.39 is 0 Å². The molecule has 0 radical (unpaired) electrons. The lowest BCUT2D eigenvalue weighted by atomic mass is 9.91. The average molecular weight is 328 g/mol. The van der Waals surface area contributed by atoms with E-state index in [0.717, 1.165) is 38.1 Å². The summed E-state index contributed by atoms with van der Waals surface area (Å²) in [4.78, 5) is 18.5. The molecule has 1 atom stereocenters. The highest BCUT2D eigenvalue weighted by molar-refractivity contribution is 5.92. The third-order valence-electron chi connectivity index (χ3n) is 4.75. The first kappa shape index (κ1) is 16.6. The fourth-order valence-corrected chi connectivity index (χ4v) is 3.30. The Bertz CT molecular complexity index is 678. The van der Waals surface area contributed by atoms with E-state index in [-0.39, 0.29) is 5.91 Å². The first-order valence-corrected chi connectivity index (χ1v) is 8.49. The van der Waals surface area contributed by atoms with Crippen LogP contribution in [0, 0.1) is 12.8 Å². The van der Waals surface area contributed by atoms with Gasteiger partial charge in [-0.25, -0.2) is 4.98 Å². The lowest BCUT2D eigenvalue weighted by Crippen LogP contribution is -2.40. The second kappa shape index (κ2) is 7.51. The topological polar surface area (TPSA) is 55.6 Å². The van der Waals surface area contributed by atoms with Crippen LogP contribution in [0.25, 0.3) is 0 Å². The molecule has 0 aliphatic carbocycles. The van der Waals surface area contributed by atoms with Crippen molar-refractivity contribution in [2.45, 2.75) is 32.6 Å². The SMILES string of the molecule is COc1ccc(CC[C@@H]2CCCN(C(=O)c3ocnc3C)C2)cc1. The summed E-state index contributed by atoms with van der Waals surface area (Å²) in [7, 11) is 1.68. The van der Waals surface area contributed by atoms with Crippen LogP contribution in [0.15, 0.2) is 35.1 Å². The number of hydrogen-bond donors (Lipinski definition) is 0. The second-order valence-electron chi connectivity index (χ2n) is 6.41. The molecule has 0 bridgehead atoms. The molecule has 1 fully saturated rings. The van der Waals surface area contributed by atoms with Gasteiger partial charge in [0.25, 0.3) is 5.91 Å². The van der Waals surface area contributed by atoms with Crippen molar-refractivity contribution >= 4 is 5.91 Å². The molecular formula is C19H24N2O3. The Balaban J connectivity index is 1.55. The Morgan fingerprint density at radius 3 is 2.83 bits per heavy atom. The van der Waals surface area contributed by atoms with E-state index in [9.17, 15) is 4.79 Å². The molecule has 3 rings (SSSR count). The summed E-state index contributed by atoms with van der Waals surface area (Å²) in [6.45, 7) is 3.41. The predicted molar refractivity (Wildman–Crippen MR) is 91.2 cm³/mol. The molecule has 0 spiro atoms. The van der Waals surface area contributed by atoms with Crippen molar-refractivity contribution in [3.8, 4) is 5.75 Å². The largest absolute Gasteiger partial charge is 0.497 e. The van der Waals surface area contributed by atoms with Crippen LogP contribution < -0.4 is 4.74 Å². The number of ether oxygens (including phenoxy) is 1. The number of carbonyl (C=O) groups excluding carboxylic acids is 1. The number of oxazole rings is 1. The van der Waals surface area contributed by atoms with Crippen molar-refractivity contribution in [3.05, 3.63) is 47.7 Å². The zero-order valence-electron chi connectivity index (χ0n) is 14.3. The standard InChI is InChI=1S/C19H24N2O3/c1-14-18(24-13-20-14)19(22)21-11-3-4-16(12-21)6-5-15-7-9-17(23-2)10-8-15/h7-10,13,16H,3-6,11-12H2,1-2H3/t16-/m0/s1. The minimum absolute atomic E-state index is 0.0286. The third-order valence-corrected chi connectivity index (χ3v) is 4.75. The van der Waals surface area contributed by atoms with E-state index in [4.69, 9.17) is 9.15 Å². The molecule has 1 aromatic carbocycles. The van der Waals surface area contributed by atoms with Crippen LogP contribution >= 0.6 is 0 Å². The molecule has 5 nitrogen and oxygen atoms in total. The first-order valence-electron chi connectivity index (χ1n) is 8.49. The number of nitrogens with zero attached hydrogens (tertiary/aromatic N) is 2. The minimum Gasteiger partial charge on any atom is -0.497 e. The van der Waals surface area contributed by atoms with Crippen molar-refractivity contribution in [2.75, 3.05) is 20.2 Å². The highest BCUT2D eigenvalue weighted by Gasteiger charge is 2.27. The number of aryl methyl sites for hydroxylation is 2. The fourth-order valence-electron chi connectivity index (χ4n) is 3.30. The second-order valence-corrected chi connectivity index (χ2v) is 6.41. The Morgan fingerprint density at radius 2 is 2.17 bits per heavy atom. The maximum Gasteiger partial charge on any atom is 0.291 e. The molecule has 0 saturated carbocycles. The Hall–Kier alpha value is -2.30. The smallest absolute Gasteiger partial charge is 0.291 e. The van der Waals surface area contributed by atoms with Crippen molar-refractivity contribution in [2.24, 2.45) is 5.92 Å². The van der Waals surface area contributed by atoms with Crippen LogP contribution in [0.3, 0.4) is 0 Å². The third kappa shape index (κ3) is 3.78. The van der Waals surface area contributed by atoms with E-state index in [1.165, 1.54) is 18.4 Å². The van der Waals surface area contributed by atoms with Gasteiger partial charge in [0, 0.05) is 13.1 Å². The molecule has 1 aliphatic rings. The number of carbonyl (C=O) groups is 1. The minimum atomic E-state index is -0.0286. The summed E-state index contributed by atoms with van der Waals surface area (Å²) >= 11 is 0. The maximum absolute atomic E-state index is 12.6. The highest BCUT2D eigenvalue weighted by atomic mass is 16.5. The zero-order valence-corrected chi connectivity index (χ0v) is 14.3. The number of likely N-dealkylation sites (tertiary alicyclic amines) is 1. The van der Waals surface area contributed by atoms with E-state index in [1.807, 2.05) is 24.0 Å². The van der Waals surface area contributed by atoms with E-state index >= 15 is 0 Å².